The van der Waals surface area contributed by atoms with Crippen LogP contribution in [-0.2, 0) is 11.3 Å². The Kier molecular flexibility index (Phi) is 4.84. The Morgan fingerprint density at radius 2 is 2.06 bits per heavy atom. The van der Waals surface area contributed by atoms with E-state index in [0.717, 1.165) is 44.1 Å². The summed E-state index contributed by atoms with van der Waals surface area (Å²) in [6, 6.07) is 6.05. The topological polar surface area (TPSA) is 39.7 Å². The highest BCUT2D eigenvalue weighted by atomic mass is 16.5. The summed E-state index contributed by atoms with van der Waals surface area (Å²) < 4.78 is 16.7. The van der Waals surface area contributed by atoms with Gasteiger partial charge >= 0.3 is 0 Å². The predicted octanol–water partition coefficient (Wildman–Crippen LogP) is 1.97. The summed E-state index contributed by atoms with van der Waals surface area (Å²) in [5.41, 5.74) is 1.19. The predicted molar refractivity (Wildman–Crippen MR) is 70.2 cm³/mol. The summed E-state index contributed by atoms with van der Waals surface area (Å²) >= 11 is 0. The van der Waals surface area contributed by atoms with E-state index in [4.69, 9.17) is 14.2 Å². The first-order valence-corrected chi connectivity index (χ1v) is 6.39. The monoisotopic (exact) mass is 251 g/mol. The number of benzene rings is 1. The van der Waals surface area contributed by atoms with Gasteiger partial charge in [0, 0.05) is 19.4 Å². The van der Waals surface area contributed by atoms with Crippen molar-refractivity contribution < 1.29 is 14.2 Å². The Balaban J connectivity index is 2.09. The van der Waals surface area contributed by atoms with Gasteiger partial charge in [0.15, 0.2) is 11.5 Å². The van der Waals surface area contributed by atoms with Gasteiger partial charge in [-0.2, -0.15) is 0 Å². The van der Waals surface area contributed by atoms with E-state index in [2.05, 4.69) is 5.32 Å². The lowest BCUT2D eigenvalue weighted by molar-refractivity contribution is 0.0245. The molecular formula is C14H21NO3. The molecule has 0 bridgehead atoms. The second-order valence-corrected chi connectivity index (χ2v) is 4.45. The van der Waals surface area contributed by atoms with Crippen LogP contribution in [0.25, 0.3) is 0 Å². The van der Waals surface area contributed by atoms with Gasteiger partial charge in [-0.1, -0.05) is 6.07 Å². The molecule has 0 aliphatic carbocycles. The van der Waals surface area contributed by atoms with Crippen molar-refractivity contribution in [2.75, 3.05) is 27.4 Å². The fourth-order valence-electron chi connectivity index (χ4n) is 2.10. The molecule has 1 saturated heterocycles. The zero-order valence-electron chi connectivity index (χ0n) is 11.1. The molecule has 0 unspecified atom stereocenters. The molecule has 1 aliphatic rings. The molecule has 1 fully saturated rings. The van der Waals surface area contributed by atoms with Gasteiger partial charge in [0.05, 0.1) is 20.3 Å². The molecule has 1 heterocycles. The molecule has 0 spiro atoms. The number of hydrogen-bond acceptors (Lipinski definition) is 4. The van der Waals surface area contributed by atoms with Crippen LogP contribution < -0.4 is 14.8 Å². The van der Waals surface area contributed by atoms with Crippen LogP contribution in [0.5, 0.6) is 11.5 Å². The molecule has 4 heteroatoms. The molecule has 0 amide bonds. The first-order chi connectivity index (χ1) is 8.83. The highest BCUT2D eigenvalue weighted by molar-refractivity contribution is 5.43. The summed E-state index contributed by atoms with van der Waals surface area (Å²) in [4.78, 5) is 0. The van der Waals surface area contributed by atoms with Gasteiger partial charge in [0.25, 0.3) is 0 Å². The van der Waals surface area contributed by atoms with Gasteiger partial charge in [-0.25, -0.2) is 0 Å². The maximum Gasteiger partial charge on any atom is 0.161 e. The lowest BCUT2D eigenvalue weighted by Crippen LogP contribution is -2.26. The van der Waals surface area contributed by atoms with Crippen LogP contribution >= 0.6 is 0 Å². The van der Waals surface area contributed by atoms with Gasteiger partial charge in [-0.05, 0) is 24.7 Å². The lowest BCUT2D eigenvalue weighted by Gasteiger charge is -2.24. The van der Waals surface area contributed by atoms with Crippen LogP contribution in [0.2, 0.25) is 0 Å². The molecule has 2 rings (SSSR count). The molecule has 0 saturated carbocycles. The van der Waals surface area contributed by atoms with Crippen molar-refractivity contribution in [1.29, 1.82) is 0 Å². The van der Waals surface area contributed by atoms with E-state index in [0.29, 0.717) is 0 Å². The van der Waals surface area contributed by atoms with E-state index in [1.165, 1.54) is 5.56 Å². The first kappa shape index (κ1) is 13.2. The molecule has 0 aromatic heterocycles. The Morgan fingerprint density at radius 1 is 1.28 bits per heavy atom. The van der Waals surface area contributed by atoms with Crippen LogP contribution in [0.4, 0.5) is 0 Å². The van der Waals surface area contributed by atoms with Crippen LogP contribution in [0, 0.1) is 0 Å². The molecule has 1 aliphatic heterocycles. The second-order valence-electron chi connectivity index (χ2n) is 4.45. The summed E-state index contributed by atoms with van der Waals surface area (Å²) in [5.74, 6) is 1.62. The quantitative estimate of drug-likeness (QED) is 0.868. The average Bonchev–Trinajstić information content (AvgIpc) is 2.41. The molecule has 1 aromatic carbocycles. The van der Waals surface area contributed by atoms with Crippen molar-refractivity contribution >= 4 is 0 Å². The van der Waals surface area contributed by atoms with Crippen molar-refractivity contribution in [3.63, 3.8) is 0 Å². The summed E-state index contributed by atoms with van der Waals surface area (Å²) in [7, 11) is 3.60. The van der Waals surface area contributed by atoms with Crippen molar-refractivity contribution in [3.05, 3.63) is 23.8 Å². The molecule has 1 N–H and O–H groups in total. The van der Waals surface area contributed by atoms with Crippen LogP contribution in [0.3, 0.4) is 0 Å². The van der Waals surface area contributed by atoms with E-state index in [9.17, 15) is 0 Å². The molecular weight excluding hydrogens is 230 g/mol. The Hall–Kier alpha value is -1.26. The highest BCUT2D eigenvalue weighted by Crippen LogP contribution is 2.30. The number of ether oxygens (including phenoxy) is 3. The SMILES string of the molecule is CNCc1ccc(OC)c(OC2CCOCC2)c1. The minimum absolute atomic E-state index is 0.234. The lowest BCUT2D eigenvalue weighted by atomic mass is 10.1. The van der Waals surface area contributed by atoms with Gasteiger partial charge in [-0.3, -0.25) is 0 Å². The number of hydrogen-bond donors (Lipinski definition) is 1. The molecule has 18 heavy (non-hydrogen) atoms. The first-order valence-electron chi connectivity index (χ1n) is 6.39. The molecule has 4 nitrogen and oxygen atoms in total. The van der Waals surface area contributed by atoms with E-state index < -0.39 is 0 Å². The fraction of sp³-hybridized carbons (Fsp3) is 0.571. The molecule has 0 atom stereocenters. The van der Waals surface area contributed by atoms with Crippen LogP contribution in [-0.4, -0.2) is 33.5 Å². The average molecular weight is 251 g/mol. The van der Waals surface area contributed by atoms with Crippen molar-refractivity contribution in [1.82, 2.24) is 5.32 Å². The third kappa shape index (κ3) is 3.37. The molecule has 0 radical (unpaired) electrons. The largest absolute Gasteiger partial charge is 0.493 e. The van der Waals surface area contributed by atoms with Gasteiger partial charge < -0.3 is 19.5 Å². The zero-order valence-corrected chi connectivity index (χ0v) is 11.1. The highest BCUT2D eigenvalue weighted by Gasteiger charge is 2.17. The van der Waals surface area contributed by atoms with Gasteiger partial charge in [-0.15, -0.1) is 0 Å². The van der Waals surface area contributed by atoms with E-state index >= 15 is 0 Å². The molecule has 100 valence electrons. The van der Waals surface area contributed by atoms with Crippen LogP contribution in [0.1, 0.15) is 18.4 Å². The second kappa shape index (κ2) is 6.61. The summed E-state index contributed by atoms with van der Waals surface area (Å²) in [6.45, 7) is 2.39. The number of methoxy groups -OCH3 is 1. The van der Waals surface area contributed by atoms with Gasteiger partial charge in [0.2, 0.25) is 0 Å². The fourth-order valence-corrected chi connectivity index (χ4v) is 2.10. The summed E-state index contributed by atoms with van der Waals surface area (Å²) in [6.07, 6.45) is 2.12. The standard InChI is InChI=1S/C14H21NO3/c1-15-10-11-3-4-13(16-2)14(9-11)18-12-5-7-17-8-6-12/h3-4,9,12,15H,5-8,10H2,1-2H3. The zero-order chi connectivity index (χ0) is 12.8. The Labute approximate surface area is 108 Å². The van der Waals surface area contributed by atoms with E-state index in [1.54, 1.807) is 7.11 Å². The third-order valence-corrected chi connectivity index (χ3v) is 3.07. The van der Waals surface area contributed by atoms with Crippen molar-refractivity contribution in [2.45, 2.75) is 25.5 Å². The maximum atomic E-state index is 6.03. The number of nitrogens with one attached hydrogen (secondary N) is 1. The summed E-state index contributed by atoms with van der Waals surface area (Å²) in [5, 5.41) is 3.14. The van der Waals surface area contributed by atoms with Crippen LogP contribution in [0.15, 0.2) is 18.2 Å². The number of rotatable bonds is 5. The van der Waals surface area contributed by atoms with Crippen molar-refractivity contribution in [3.8, 4) is 11.5 Å². The third-order valence-electron chi connectivity index (χ3n) is 3.07. The normalized spacial score (nSPS) is 16.6. The minimum Gasteiger partial charge on any atom is -0.493 e. The van der Waals surface area contributed by atoms with E-state index in [1.807, 2.05) is 25.2 Å². The maximum absolute atomic E-state index is 6.03. The smallest absolute Gasteiger partial charge is 0.161 e. The van der Waals surface area contributed by atoms with Gasteiger partial charge in [0.1, 0.15) is 6.10 Å². The Morgan fingerprint density at radius 3 is 2.72 bits per heavy atom. The molecule has 1 aromatic rings. The van der Waals surface area contributed by atoms with Crippen molar-refractivity contribution in [2.24, 2.45) is 0 Å². The minimum atomic E-state index is 0.234. The Bertz CT molecular complexity index is 375. The van der Waals surface area contributed by atoms with E-state index in [-0.39, 0.29) is 6.10 Å².